The van der Waals surface area contributed by atoms with Gasteiger partial charge in [0.15, 0.2) is 0 Å². The lowest BCUT2D eigenvalue weighted by molar-refractivity contribution is 0.865. The first kappa shape index (κ1) is 13.7. The van der Waals surface area contributed by atoms with Gasteiger partial charge in [0.25, 0.3) is 0 Å². The average molecular weight is 321 g/mol. The molecule has 0 N–H and O–H groups in total. The van der Waals surface area contributed by atoms with Crippen molar-refractivity contribution in [2.45, 2.75) is 30.4 Å². The minimum atomic E-state index is 0.606. The molecule has 2 rings (SSSR count). The highest BCUT2D eigenvalue weighted by Crippen LogP contribution is 2.25. The molecule has 0 nitrogen and oxygen atoms in total. The summed E-state index contributed by atoms with van der Waals surface area (Å²) < 4.78 is 1.15. The summed E-state index contributed by atoms with van der Waals surface area (Å²) in [4.78, 5) is 1.33. The lowest BCUT2D eigenvalue weighted by atomic mass is 10.0. The van der Waals surface area contributed by atoms with Crippen molar-refractivity contribution in [1.82, 2.24) is 0 Å². The maximum absolute atomic E-state index is 3.50. The van der Waals surface area contributed by atoms with Crippen LogP contribution in [0.5, 0.6) is 0 Å². The smallest absolute Gasteiger partial charge is 0.0232 e. The zero-order valence-corrected chi connectivity index (χ0v) is 13.1. The highest BCUT2D eigenvalue weighted by atomic mass is 79.9. The summed E-state index contributed by atoms with van der Waals surface area (Å²) >= 11 is 5.39. The molecule has 2 heteroatoms. The van der Waals surface area contributed by atoms with Gasteiger partial charge in [-0.15, -0.1) is 11.8 Å². The van der Waals surface area contributed by atoms with Crippen LogP contribution in [0.4, 0.5) is 0 Å². The molecule has 0 heterocycles. The Morgan fingerprint density at radius 2 is 1.78 bits per heavy atom. The van der Waals surface area contributed by atoms with E-state index in [1.165, 1.54) is 16.0 Å². The average Bonchev–Trinajstić information content (AvgIpc) is 2.37. The molecule has 2 aromatic rings. The molecule has 18 heavy (non-hydrogen) atoms. The van der Waals surface area contributed by atoms with Crippen molar-refractivity contribution in [3.05, 3.63) is 64.1 Å². The molecule has 0 bridgehead atoms. The minimum Gasteiger partial charge on any atom is -0.121 e. The molecule has 0 unspecified atom stereocenters. The Balaban J connectivity index is 1.98. The van der Waals surface area contributed by atoms with Gasteiger partial charge in [0, 0.05) is 15.1 Å². The lowest BCUT2D eigenvalue weighted by Crippen LogP contribution is -1.86. The minimum absolute atomic E-state index is 0.606. The molecule has 94 valence electrons. The second-order valence-electron chi connectivity index (χ2n) is 4.64. The number of benzene rings is 2. The Kier molecular flexibility index (Phi) is 4.90. The van der Waals surface area contributed by atoms with Gasteiger partial charge in [-0.05, 0) is 41.3 Å². The maximum atomic E-state index is 3.50. The van der Waals surface area contributed by atoms with Crippen LogP contribution in [0.2, 0.25) is 0 Å². The zero-order valence-electron chi connectivity index (χ0n) is 10.7. The van der Waals surface area contributed by atoms with Crippen LogP contribution in [0.3, 0.4) is 0 Å². The van der Waals surface area contributed by atoms with Crippen LogP contribution in [0, 0.1) is 0 Å². The molecule has 0 saturated carbocycles. The first-order valence-corrected chi connectivity index (χ1v) is 7.90. The van der Waals surface area contributed by atoms with E-state index < -0.39 is 0 Å². The second kappa shape index (κ2) is 6.44. The predicted molar refractivity (Wildman–Crippen MR) is 84.2 cm³/mol. The van der Waals surface area contributed by atoms with Gasteiger partial charge in [-0.2, -0.15) is 0 Å². The van der Waals surface area contributed by atoms with E-state index in [9.17, 15) is 0 Å². The lowest BCUT2D eigenvalue weighted by Gasteiger charge is -2.07. The van der Waals surface area contributed by atoms with E-state index in [1.54, 1.807) is 0 Å². The Hall–Kier alpha value is -0.730. The van der Waals surface area contributed by atoms with Crippen molar-refractivity contribution in [1.29, 1.82) is 0 Å². The van der Waals surface area contributed by atoms with Crippen molar-refractivity contribution in [3.8, 4) is 0 Å². The molecule has 0 fully saturated rings. The number of rotatable bonds is 4. The SMILES string of the molecule is CC(C)c1ccc(SCc2cccc(Br)c2)cc1. The largest absolute Gasteiger partial charge is 0.121 e. The Bertz CT molecular complexity index is 503. The van der Waals surface area contributed by atoms with Crippen LogP contribution >= 0.6 is 27.7 Å². The number of halogens is 1. The Labute approximate surface area is 122 Å². The van der Waals surface area contributed by atoms with Crippen LogP contribution in [0.25, 0.3) is 0 Å². The number of hydrogen-bond donors (Lipinski definition) is 0. The van der Waals surface area contributed by atoms with Crippen LogP contribution in [-0.4, -0.2) is 0 Å². The van der Waals surface area contributed by atoms with Gasteiger partial charge < -0.3 is 0 Å². The molecular weight excluding hydrogens is 304 g/mol. The third kappa shape index (κ3) is 3.89. The number of thioether (sulfide) groups is 1. The van der Waals surface area contributed by atoms with E-state index >= 15 is 0 Å². The summed E-state index contributed by atoms with van der Waals surface area (Å²) in [7, 11) is 0. The quantitative estimate of drug-likeness (QED) is 0.635. The fourth-order valence-corrected chi connectivity index (χ4v) is 3.03. The first-order valence-electron chi connectivity index (χ1n) is 6.12. The summed E-state index contributed by atoms with van der Waals surface area (Å²) in [5.74, 6) is 1.62. The summed E-state index contributed by atoms with van der Waals surface area (Å²) in [6.45, 7) is 4.45. The molecule has 0 aromatic heterocycles. The fourth-order valence-electron chi connectivity index (χ4n) is 1.74. The summed E-state index contributed by atoms with van der Waals surface area (Å²) in [5, 5.41) is 0. The van der Waals surface area contributed by atoms with Gasteiger partial charge in [-0.25, -0.2) is 0 Å². The molecule has 0 saturated heterocycles. The van der Waals surface area contributed by atoms with Crippen LogP contribution in [0.15, 0.2) is 57.9 Å². The zero-order chi connectivity index (χ0) is 13.0. The normalized spacial score (nSPS) is 10.9. The van der Waals surface area contributed by atoms with Crippen molar-refractivity contribution in [3.63, 3.8) is 0 Å². The molecule has 0 radical (unpaired) electrons. The van der Waals surface area contributed by atoms with E-state index in [1.807, 2.05) is 11.8 Å². The van der Waals surface area contributed by atoms with Crippen molar-refractivity contribution in [2.75, 3.05) is 0 Å². The third-order valence-corrected chi connectivity index (χ3v) is 4.42. The Morgan fingerprint density at radius 3 is 2.39 bits per heavy atom. The molecule has 0 spiro atoms. The Morgan fingerprint density at radius 1 is 1.06 bits per heavy atom. The first-order chi connectivity index (χ1) is 8.65. The number of hydrogen-bond acceptors (Lipinski definition) is 1. The highest BCUT2D eigenvalue weighted by molar-refractivity contribution is 9.10. The standard InChI is InChI=1S/C16H17BrS/c1-12(2)14-6-8-16(9-7-14)18-11-13-4-3-5-15(17)10-13/h3-10,12H,11H2,1-2H3. The summed E-state index contributed by atoms with van der Waals surface area (Å²) in [6, 6.07) is 17.4. The second-order valence-corrected chi connectivity index (χ2v) is 6.61. The van der Waals surface area contributed by atoms with Gasteiger partial charge in [0.2, 0.25) is 0 Å². The fraction of sp³-hybridized carbons (Fsp3) is 0.250. The molecular formula is C16H17BrS. The molecule has 0 aliphatic rings. The summed E-state index contributed by atoms with van der Waals surface area (Å²) in [6.07, 6.45) is 0. The molecule has 0 aliphatic heterocycles. The van der Waals surface area contributed by atoms with Gasteiger partial charge in [0.1, 0.15) is 0 Å². The molecule has 2 aromatic carbocycles. The van der Waals surface area contributed by atoms with Gasteiger partial charge in [-0.1, -0.05) is 54.0 Å². The highest BCUT2D eigenvalue weighted by Gasteiger charge is 2.00. The van der Waals surface area contributed by atoms with Crippen LogP contribution in [0.1, 0.15) is 30.9 Å². The predicted octanol–water partition coefficient (Wildman–Crippen LogP) is 5.86. The van der Waals surface area contributed by atoms with Gasteiger partial charge in [-0.3, -0.25) is 0 Å². The van der Waals surface area contributed by atoms with Crippen molar-refractivity contribution < 1.29 is 0 Å². The maximum Gasteiger partial charge on any atom is 0.0232 e. The summed E-state index contributed by atoms with van der Waals surface area (Å²) in [5.41, 5.74) is 2.75. The molecule has 0 amide bonds. The van der Waals surface area contributed by atoms with Gasteiger partial charge >= 0.3 is 0 Å². The molecule has 0 atom stereocenters. The van der Waals surface area contributed by atoms with E-state index in [4.69, 9.17) is 0 Å². The van der Waals surface area contributed by atoms with Crippen LogP contribution in [-0.2, 0) is 5.75 Å². The van der Waals surface area contributed by atoms with E-state index in [0.29, 0.717) is 5.92 Å². The topological polar surface area (TPSA) is 0 Å². The monoisotopic (exact) mass is 320 g/mol. The third-order valence-electron chi connectivity index (χ3n) is 2.84. The van der Waals surface area contributed by atoms with Crippen molar-refractivity contribution >= 4 is 27.7 Å². The van der Waals surface area contributed by atoms with Crippen LogP contribution < -0.4 is 0 Å². The van der Waals surface area contributed by atoms with E-state index in [0.717, 1.165) is 10.2 Å². The molecule has 0 aliphatic carbocycles. The van der Waals surface area contributed by atoms with E-state index in [-0.39, 0.29) is 0 Å². The van der Waals surface area contributed by atoms with E-state index in [2.05, 4.69) is 78.3 Å². The van der Waals surface area contributed by atoms with Gasteiger partial charge in [0.05, 0.1) is 0 Å². The van der Waals surface area contributed by atoms with Crippen molar-refractivity contribution in [2.24, 2.45) is 0 Å².